The van der Waals surface area contributed by atoms with E-state index >= 15 is 0 Å². The predicted octanol–water partition coefficient (Wildman–Crippen LogP) is 1.75. The average molecular weight is 374 g/mol. The van der Waals surface area contributed by atoms with E-state index in [1.54, 1.807) is 12.1 Å². The number of carbonyl (C=O) groups excluding carboxylic acids is 1. The van der Waals surface area contributed by atoms with Crippen LogP contribution in [0.5, 0.6) is 0 Å². The molecule has 0 spiro atoms. The van der Waals surface area contributed by atoms with E-state index in [4.69, 9.17) is 4.74 Å². The van der Waals surface area contributed by atoms with Gasteiger partial charge in [0.05, 0.1) is 23.6 Å². The van der Waals surface area contributed by atoms with Gasteiger partial charge in [0.15, 0.2) is 0 Å². The normalized spacial score (nSPS) is 20.0. The molecule has 0 aliphatic carbocycles. The van der Waals surface area contributed by atoms with Crippen molar-refractivity contribution in [3.8, 4) is 0 Å². The Balaban J connectivity index is 1.53. The van der Waals surface area contributed by atoms with Gasteiger partial charge < -0.3 is 10.1 Å². The summed E-state index contributed by atoms with van der Waals surface area (Å²) in [4.78, 5) is 12.4. The number of ether oxygens (including phenoxy) is 1. The number of sulfonamides is 1. The van der Waals surface area contributed by atoms with Crippen molar-refractivity contribution in [1.29, 1.82) is 0 Å². The fraction of sp³-hybridized carbons (Fsp3) is 0.316. The lowest BCUT2D eigenvalue weighted by Crippen LogP contribution is -2.43. The SMILES string of the molecule is Cc1ccc(S(=O)(=O)NC(=O)[C@@H]2C[C@@H](OCc3ccccc3)CN2)cc1. The highest BCUT2D eigenvalue weighted by Crippen LogP contribution is 2.15. The molecule has 2 aromatic carbocycles. The Morgan fingerprint density at radius 3 is 2.54 bits per heavy atom. The average Bonchev–Trinajstić information content (AvgIpc) is 3.10. The summed E-state index contributed by atoms with van der Waals surface area (Å²) >= 11 is 0. The number of amides is 1. The molecule has 2 aromatic rings. The fourth-order valence-electron chi connectivity index (χ4n) is 2.80. The van der Waals surface area contributed by atoms with Gasteiger partial charge >= 0.3 is 0 Å². The number of hydrogen-bond acceptors (Lipinski definition) is 5. The number of benzene rings is 2. The van der Waals surface area contributed by atoms with Crippen molar-refractivity contribution in [3.63, 3.8) is 0 Å². The second-order valence-corrected chi connectivity index (χ2v) is 8.08. The molecular weight excluding hydrogens is 352 g/mol. The Bertz CT molecular complexity index is 851. The molecule has 0 bridgehead atoms. The molecule has 1 heterocycles. The topological polar surface area (TPSA) is 84.5 Å². The molecule has 1 saturated heterocycles. The van der Waals surface area contributed by atoms with Gasteiger partial charge in [0.25, 0.3) is 15.9 Å². The van der Waals surface area contributed by atoms with E-state index in [0.717, 1.165) is 11.1 Å². The maximum Gasteiger partial charge on any atom is 0.264 e. The number of nitrogens with one attached hydrogen (secondary N) is 2. The van der Waals surface area contributed by atoms with Gasteiger partial charge in [-0.1, -0.05) is 48.0 Å². The van der Waals surface area contributed by atoms with Crippen LogP contribution in [0.4, 0.5) is 0 Å². The summed E-state index contributed by atoms with van der Waals surface area (Å²) in [7, 11) is -3.87. The highest BCUT2D eigenvalue weighted by molar-refractivity contribution is 7.90. The van der Waals surface area contributed by atoms with E-state index in [1.165, 1.54) is 12.1 Å². The molecule has 3 rings (SSSR count). The monoisotopic (exact) mass is 374 g/mol. The highest BCUT2D eigenvalue weighted by atomic mass is 32.2. The first-order chi connectivity index (χ1) is 12.4. The third kappa shape index (κ3) is 4.69. The van der Waals surface area contributed by atoms with E-state index in [0.29, 0.717) is 19.6 Å². The molecule has 0 unspecified atom stereocenters. The van der Waals surface area contributed by atoms with Gasteiger partial charge in [-0.3, -0.25) is 4.79 Å². The number of hydrogen-bond donors (Lipinski definition) is 2. The van der Waals surface area contributed by atoms with Gasteiger partial charge in [0, 0.05) is 6.54 Å². The van der Waals surface area contributed by atoms with Gasteiger partial charge in [-0.05, 0) is 31.0 Å². The van der Waals surface area contributed by atoms with Gasteiger partial charge in [-0.15, -0.1) is 0 Å². The predicted molar refractivity (Wildman–Crippen MR) is 97.9 cm³/mol. The van der Waals surface area contributed by atoms with Crippen LogP contribution in [0.2, 0.25) is 0 Å². The first-order valence-electron chi connectivity index (χ1n) is 8.46. The maximum absolute atomic E-state index is 12.3. The van der Waals surface area contributed by atoms with E-state index in [2.05, 4.69) is 10.0 Å². The quantitative estimate of drug-likeness (QED) is 0.805. The maximum atomic E-state index is 12.3. The molecule has 26 heavy (non-hydrogen) atoms. The van der Waals surface area contributed by atoms with Crippen LogP contribution in [0.3, 0.4) is 0 Å². The lowest BCUT2D eigenvalue weighted by atomic mass is 10.2. The molecule has 1 aliphatic heterocycles. The molecule has 7 heteroatoms. The number of carbonyl (C=O) groups is 1. The standard InChI is InChI=1S/C19H22N2O4S/c1-14-7-9-17(10-8-14)26(23,24)21-19(22)18-11-16(12-20-18)25-13-15-5-3-2-4-6-15/h2-10,16,18,20H,11-13H2,1H3,(H,21,22)/t16-,18+/m1/s1. The van der Waals surface area contributed by atoms with Crippen molar-refractivity contribution in [2.45, 2.75) is 37.0 Å². The summed E-state index contributed by atoms with van der Waals surface area (Å²) in [5.74, 6) is -0.559. The Labute approximate surface area is 153 Å². The van der Waals surface area contributed by atoms with Crippen LogP contribution in [0.15, 0.2) is 59.5 Å². The minimum Gasteiger partial charge on any atom is -0.372 e. The molecule has 0 aromatic heterocycles. The third-order valence-electron chi connectivity index (χ3n) is 4.30. The minimum atomic E-state index is -3.87. The Hall–Kier alpha value is -2.22. The van der Waals surface area contributed by atoms with Crippen LogP contribution in [-0.2, 0) is 26.2 Å². The van der Waals surface area contributed by atoms with E-state index < -0.39 is 22.0 Å². The fourth-order valence-corrected chi connectivity index (χ4v) is 3.82. The van der Waals surface area contributed by atoms with E-state index in [-0.39, 0.29) is 11.0 Å². The summed E-state index contributed by atoms with van der Waals surface area (Å²) in [5.41, 5.74) is 2.01. The lowest BCUT2D eigenvalue weighted by Gasteiger charge is -2.13. The molecule has 6 nitrogen and oxygen atoms in total. The molecule has 0 saturated carbocycles. The molecule has 2 atom stereocenters. The van der Waals surface area contributed by atoms with Crippen molar-refractivity contribution < 1.29 is 17.9 Å². The Morgan fingerprint density at radius 2 is 1.85 bits per heavy atom. The molecule has 1 amide bonds. The van der Waals surface area contributed by atoms with Crippen molar-refractivity contribution in [1.82, 2.24) is 10.0 Å². The largest absolute Gasteiger partial charge is 0.372 e. The van der Waals surface area contributed by atoms with Gasteiger partial charge in [0.1, 0.15) is 0 Å². The van der Waals surface area contributed by atoms with E-state index in [1.807, 2.05) is 37.3 Å². The van der Waals surface area contributed by atoms with Gasteiger partial charge in [0.2, 0.25) is 0 Å². The van der Waals surface area contributed by atoms with Crippen molar-refractivity contribution in [3.05, 3.63) is 65.7 Å². The molecule has 1 aliphatic rings. The second kappa shape index (κ2) is 7.99. The summed E-state index contributed by atoms with van der Waals surface area (Å²) in [6, 6.07) is 15.5. The zero-order valence-electron chi connectivity index (χ0n) is 14.5. The molecule has 138 valence electrons. The number of rotatable bonds is 6. The van der Waals surface area contributed by atoms with Crippen molar-refractivity contribution in [2.24, 2.45) is 0 Å². The summed E-state index contributed by atoms with van der Waals surface area (Å²) in [6.45, 7) is 2.84. The zero-order chi connectivity index (χ0) is 18.6. The first kappa shape index (κ1) is 18.6. The molecule has 2 N–H and O–H groups in total. The van der Waals surface area contributed by atoms with Crippen LogP contribution < -0.4 is 10.0 Å². The van der Waals surface area contributed by atoms with Crippen LogP contribution in [0.1, 0.15) is 17.5 Å². The number of aryl methyl sites for hydroxylation is 1. The van der Waals surface area contributed by atoms with Crippen LogP contribution >= 0.6 is 0 Å². The second-order valence-electron chi connectivity index (χ2n) is 6.40. The first-order valence-corrected chi connectivity index (χ1v) is 9.94. The van der Waals surface area contributed by atoms with E-state index in [9.17, 15) is 13.2 Å². The molecule has 1 fully saturated rings. The Morgan fingerprint density at radius 1 is 1.15 bits per heavy atom. The van der Waals surface area contributed by atoms with Crippen molar-refractivity contribution in [2.75, 3.05) is 6.54 Å². The smallest absolute Gasteiger partial charge is 0.264 e. The van der Waals surface area contributed by atoms with Gasteiger partial charge in [-0.25, -0.2) is 13.1 Å². The summed E-state index contributed by atoms with van der Waals surface area (Å²) < 4.78 is 32.6. The van der Waals surface area contributed by atoms with Crippen LogP contribution in [-0.4, -0.2) is 33.0 Å². The zero-order valence-corrected chi connectivity index (χ0v) is 15.3. The third-order valence-corrected chi connectivity index (χ3v) is 5.66. The summed E-state index contributed by atoms with van der Waals surface area (Å²) in [5, 5.41) is 3.02. The van der Waals surface area contributed by atoms with Crippen LogP contribution in [0, 0.1) is 6.92 Å². The Kier molecular flexibility index (Phi) is 5.70. The van der Waals surface area contributed by atoms with Gasteiger partial charge in [-0.2, -0.15) is 0 Å². The molecule has 0 radical (unpaired) electrons. The lowest BCUT2D eigenvalue weighted by molar-refractivity contribution is -0.121. The van der Waals surface area contributed by atoms with Crippen molar-refractivity contribution >= 4 is 15.9 Å². The minimum absolute atomic E-state index is 0.0753. The highest BCUT2D eigenvalue weighted by Gasteiger charge is 2.32. The molecular formula is C19H22N2O4S. The summed E-state index contributed by atoms with van der Waals surface area (Å²) in [6.07, 6.45) is 0.301. The van der Waals surface area contributed by atoms with Crippen LogP contribution in [0.25, 0.3) is 0 Å².